The molecule has 0 radical (unpaired) electrons. The Labute approximate surface area is 167 Å². The van der Waals surface area contributed by atoms with Gasteiger partial charge in [-0.2, -0.15) is 0 Å². The van der Waals surface area contributed by atoms with Crippen molar-refractivity contribution in [3.8, 4) is 10.6 Å². The molecule has 28 heavy (non-hydrogen) atoms. The molecule has 0 saturated heterocycles. The Kier molecular flexibility index (Phi) is 5.70. The number of carbonyl (C=O) groups is 1. The lowest BCUT2D eigenvalue weighted by Gasteiger charge is -2.30. The van der Waals surface area contributed by atoms with Crippen molar-refractivity contribution >= 4 is 28.3 Å². The quantitative estimate of drug-likeness (QED) is 0.614. The molecule has 0 bridgehead atoms. The van der Waals surface area contributed by atoms with Crippen molar-refractivity contribution < 1.29 is 14.3 Å². The van der Waals surface area contributed by atoms with Crippen molar-refractivity contribution in [2.24, 2.45) is 5.73 Å². The van der Waals surface area contributed by atoms with E-state index in [1.54, 1.807) is 24.9 Å². The van der Waals surface area contributed by atoms with Crippen LogP contribution in [0, 0.1) is 0 Å². The van der Waals surface area contributed by atoms with Gasteiger partial charge in [0.1, 0.15) is 5.65 Å². The van der Waals surface area contributed by atoms with E-state index < -0.39 is 5.91 Å². The maximum atomic E-state index is 12.0. The molecule has 3 aromatic rings. The number of ether oxygens (including phenoxy) is 2. The Balaban J connectivity index is 1.61. The Hall–Kier alpha value is -2.29. The van der Waals surface area contributed by atoms with Gasteiger partial charge in [0.15, 0.2) is 0 Å². The minimum atomic E-state index is -0.439. The first kappa shape index (κ1) is 19.0. The molecule has 148 valence electrons. The van der Waals surface area contributed by atoms with Crippen LogP contribution in [0.15, 0.2) is 30.0 Å². The second kappa shape index (κ2) is 8.38. The average Bonchev–Trinajstić information content (AvgIpc) is 3.38. The third-order valence-corrected chi connectivity index (χ3v) is 6.11. The Morgan fingerprint density at radius 1 is 1.32 bits per heavy atom. The largest absolute Gasteiger partial charge is 0.382 e. The molecule has 8 heteroatoms. The molecule has 1 aliphatic carbocycles. The van der Waals surface area contributed by atoms with E-state index >= 15 is 0 Å². The van der Waals surface area contributed by atoms with E-state index in [9.17, 15) is 4.79 Å². The van der Waals surface area contributed by atoms with Crippen molar-refractivity contribution in [2.75, 3.05) is 20.3 Å². The van der Waals surface area contributed by atoms with Crippen LogP contribution >= 0.6 is 11.3 Å². The summed E-state index contributed by atoms with van der Waals surface area (Å²) in [5.74, 6) is -0.439. The van der Waals surface area contributed by atoms with Crippen LogP contribution in [0.5, 0.6) is 0 Å². The molecule has 0 aromatic carbocycles. The van der Waals surface area contributed by atoms with Crippen LogP contribution in [0.3, 0.4) is 0 Å². The van der Waals surface area contributed by atoms with Gasteiger partial charge < -0.3 is 19.8 Å². The molecule has 0 aliphatic heterocycles. The molecule has 1 fully saturated rings. The highest BCUT2D eigenvalue weighted by atomic mass is 32.1. The van der Waals surface area contributed by atoms with E-state index in [0.717, 1.165) is 47.3 Å². The third-order valence-electron chi connectivity index (χ3n) is 5.31. The smallest absolute Gasteiger partial charge is 0.249 e. The van der Waals surface area contributed by atoms with Gasteiger partial charge in [-0.3, -0.25) is 9.78 Å². The first-order valence-electron chi connectivity index (χ1n) is 9.48. The Morgan fingerprint density at radius 3 is 2.82 bits per heavy atom. The highest BCUT2D eigenvalue weighted by Gasteiger charge is 2.25. The molecule has 1 saturated carbocycles. The zero-order chi connectivity index (χ0) is 19.5. The number of rotatable bonds is 7. The predicted octanol–water partition coefficient (Wildman–Crippen LogP) is 3.41. The summed E-state index contributed by atoms with van der Waals surface area (Å²) in [5, 5.41) is 0.805. The minimum Gasteiger partial charge on any atom is -0.382 e. The molecule has 3 aromatic heterocycles. The molecule has 3 heterocycles. The molecular formula is C20H24N4O3S. The van der Waals surface area contributed by atoms with Gasteiger partial charge in [-0.15, -0.1) is 11.3 Å². The van der Waals surface area contributed by atoms with Gasteiger partial charge in [0.05, 0.1) is 41.0 Å². The van der Waals surface area contributed by atoms with Crippen molar-refractivity contribution in [2.45, 2.75) is 37.8 Å². The third kappa shape index (κ3) is 3.80. The van der Waals surface area contributed by atoms with Crippen LogP contribution in [0.25, 0.3) is 21.6 Å². The number of pyridine rings is 1. The van der Waals surface area contributed by atoms with Gasteiger partial charge in [-0.1, -0.05) is 0 Å². The number of primary amides is 1. The standard InChI is InChI=1S/C20H24N4O3S/c1-26-8-9-27-14-4-2-13(3-5-14)24-7-6-15-16(19(21)25)10-17(23-20(15)24)18-11-22-12-28-18/h6-7,10-14H,2-5,8-9H2,1H3,(H2,21,25). The molecule has 0 unspecified atom stereocenters. The number of carbonyl (C=O) groups excluding carboxylic acids is 1. The zero-order valence-electron chi connectivity index (χ0n) is 15.8. The number of nitrogens with two attached hydrogens (primary N) is 1. The lowest BCUT2D eigenvalue weighted by atomic mass is 9.93. The van der Waals surface area contributed by atoms with Gasteiger partial charge >= 0.3 is 0 Å². The fourth-order valence-corrected chi connectivity index (χ4v) is 4.47. The molecule has 2 N–H and O–H groups in total. The summed E-state index contributed by atoms with van der Waals surface area (Å²) < 4.78 is 13.1. The summed E-state index contributed by atoms with van der Waals surface area (Å²) in [5.41, 5.74) is 9.46. The van der Waals surface area contributed by atoms with Crippen LogP contribution in [-0.2, 0) is 9.47 Å². The van der Waals surface area contributed by atoms with Crippen molar-refractivity contribution in [3.63, 3.8) is 0 Å². The summed E-state index contributed by atoms with van der Waals surface area (Å²) in [7, 11) is 1.69. The molecule has 4 rings (SSSR count). The van der Waals surface area contributed by atoms with Gasteiger partial charge in [0.25, 0.3) is 0 Å². The van der Waals surface area contributed by atoms with E-state index in [0.29, 0.717) is 24.8 Å². The monoisotopic (exact) mass is 400 g/mol. The van der Waals surface area contributed by atoms with Gasteiger partial charge in [-0.05, 0) is 37.8 Å². The van der Waals surface area contributed by atoms with Crippen LogP contribution < -0.4 is 5.73 Å². The van der Waals surface area contributed by atoms with Crippen molar-refractivity contribution in [1.82, 2.24) is 14.5 Å². The number of methoxy groups -OCH3 is 1. The SMILES string of the molecule is COCCOC1CCC(n2ccc3c(C(N)=O)cc(-c4cncs4)nc32)CC1. The van der Waals surface area contributed by atoms with Crippen LogP contribution in [0.4, 0.5) is 0 Å². The van der Waals surface area contributed by atoms with Crippen LogP contribution in [-0.4, -0.2) is 46.9 Å². The Morgan fingerprint density at radius 2 is 2.14 bits per heavy atom. The average molecular weight is 401 g/mol. The first-order valence-corrected chi connectivity index (χ1v) is 10.4. The summed E-state index contributed by atoms with van der Waals surface area (Å²) in [6.07, 6.45) is 8.11. The van der Waals surface area contributed by atoms with Gasteiger partial charge in [-0.25, -0.2) is 4.98 Å². The summed E-state index contributed by atoms with van der Waals surface area (Å²) in [6, 6.07) is 4.05. The van der Waals surface area contributed by atoms with Gasteiger partial charge in [0.2, 0.25) is 5.91 Å². The van der Waals surface area contributed by atoms with Crippen LogP contribution in [0.1, 0.15) is 42.1 Å². The van der Waals surface area contributed by atoms with Gasteiger partial charge in [0, 0.05) is 30.9 Å². The normalized spacial score (nSPS) is 19.9. The number of nitrogens with zero attached hydrogens (tertiary/aromatic N) is 3. The second-order valence-corrected chi connectivity index (χ2v) is 7.93. The fraction of sp³-hybridized carbons (Fsp3) is 0.450. The topological polar surface area (TPSA) is 92.3 Å². The number of thiazole rings is 1. The van der Waals surface area contributed by atoms with E-state index in [2.05, 4.69) is 9.55 Å². The maximum Gasteiger partial charge on any atom is 0.249 e. The summed E-state index contributed by atoms with van der Waals surface area (Å²) in [4.78, 5) is 21.9. The molecule has 0 atom stereocenters. The zero-order valence-corrected chi connectivity index (χ0v) is 16.7. The Bertz CT molecular complexity index is 946. The molecule has 1 aliphatic rings. The number of hydrogen-bond donors (Lipinski definition) is 1. The molecule has 7 nitrogen and oxygen atoms in total. The first-order chi connectivity index (χ1) is 13.7. The predicted molar refractivity (Wildman–Crippen MR) is 108 cm³/mol. The number of fused-ring (bicyclic) bond motifs is 1. The van der Waals surface area contributed by atoms with E-state index in [4.69, 9.17) is 20.2 Å². The summed E-state index contributed by atoms with van der Waals surface area (Å²) in [6.45, 7) is 1.27. The number of aromatic nitrogens is 3. The lowest BCUT2D eigenvalue weighted by Crippen LogP contribution is -2.24. The van der Waals surface area contributed by atoms with Crippen molar-refractivity contribution in [1.29, 1.82) is 0 Å². The van der Waals surface area contributed by atoms with E-state index in [1.165, 1.54) is 11.3 Å². The maximum absolute atomic E-state index is 12.0. The van der Waals surface area contributed by atoms with E-state index in [-0.39, 0.29) is 6.10 Å². The molecule has 1 amide bonds. The minimum absolute atomic E-state index is 0.287. The van der Waals surface area contributed by atoms with Crippen LogP contribution in [0.2, 0.25) is 0 Å². The molecular weight excluding hydrogens is 376 g/mol. The number of amides is 1. The highest BCUT2D eigenvalue weighted by molar-refractivity contribution is 7.13. The van der Waals surface area contributed by atoms with E-state index in [1.807, 2.05) is 12.3 Å². The second-order valence-electron chi connectivity index (χ2n) is 7.04. The van der Waals surface area contributed by atoms with Crippen molar-refractivity contribution in [3.05, 3.63) is 35.6 Å². The molecule has 0 spiro atoms. The fourth-order valence-electron chi connectivity index (χ4n) is 3.88. The highest BCUT2D eigenvalue weighted by Crippen LogP contribution is 2.34. The lowest BCUT2D eigenvalue weighted by molar-refractivity contribution is -0.00622. The summed E-state index contributed by atoms with van der Waals surface area (Å²) >= 11 is 1.50. The number of hydrogen-bond acceptors (Lipinski definition) is 6.